The van der Waals surface area contributed by atoms with Gasteiger partial charge in [0.15, 0.2) is 0 Å². The summed E-state index contributed by atoms with van der Waals surface area (Å²) in [6.45, 7) is -0.434. The van der Waals surface area contributed by atoms with Crippen molar-refractivity contribution in [3.63, 3.8) is 0 Å². The second-order valence-electron chi connectivity index (χ2n) is 5.06. The van der Waals surface area contributed by atoms with Gasteiger partial charge in [0.2, 0.25) is 0 Å². The van der Waals surface area contributed by atoms with Gasteiger partial charge in [-0.05, 0) is 30.3 Å². The summed E-state index contributed by atoms with van der Waals surface area (Å²) >= 11 is 0. The quantitative estimate of drug-likeness (QED) is 0.719. The molecule has 2 N–H and O–H groups in total. The molecule has 3 rings (SSSR count). The summed E-state index contributed by atoms with van der Waals surface area (Å²) in [6.07, 6.45) is 0. The molecule has 0 atom stereocenters. The Bertz CT molecular complexity index is 768. The summed E-state index contributed by atoms with van der Waals surface area (Å²) in [4.78, 5) is 0. The van der Waals surface area contributed by atoms with E-state index < -0.39 is 6.67 Å². The second kappa shape index (κ2) is 6.96. The van der Waals surface area contributed by atoms with Gasteiger partial charge in [-0.15, -0.1) is 0 Å². The van der Waals surface area contributed by atoms with Crippen molar-refractivity contribution in [2.24, 2.45) is 0 Å². The lowest BCUT2D eigenvalue weighted by Gasteiger charge is -2.05. The Kier molecular flexibility index (Phi) is 4.57. The van der Waals surface area contributed by atoms with Crippen LogP contribution >= 0.6 is 0 Å². The lowest BCUT2D eigenvalue weighted by atomic mass is 10.1. The molecule has 1 aromatic heterocycles. The summed E-state index contributed by atoms with van der Waals surface area (Å²) in [6, 6.07) is 17.6. The minimum Gasteiger partial charge on any atom is -0.491 e. The third-order valence-electron chi connectivity index (χ3n) is 3.54. The topological polar surface area (TPSA) is 49.9 Å². The van der Waals surface area contributed by atoms with E-state index in [-0.39, 0.29) is 6.61 Å². The van der Waals surface area contributed by atoms with Crippen LogP contribution in [0.2, 0.25) is 0 Å². The van der Waals surface area contributed by atoms with Crippen LogP contribution in [-0.4, -0.2) is 30.5 Å². The Labute approximate surface area is 134 Å². The van der Waals surface area contributed by atoms with E-state index in [1.165, 1.54) is 0 Å². The highest BCUT2D eigenvalue weighted by molar-refractivity contribution is 5.70. The van der Waals surface area contributed by atoms with Crippen LogP contribution in [0, 0.1) is 0 Å². The van der Waals surface area contributed by atoms with Gasteiger partial charge in [0.1, 0.15) is 19.0 Å². The molecule has 3 aromatic rings. The molecule has 0 radical (unpaired) electrons. The van der Waals surface area contributed by atoms with Crippen LogP contribution < -0.4 is 10.1 Å². The molecule has 23 heavy (non-hydrogen) atoms. The van der Waals surface area contributed by atoms with E-state index in [1.807, 2.05) is 61.6 Å². The molecule has 0 aliphatic heterocycles. The molecule has 0 saturated heterocycles. The molecular weight excluding hydrogens is 293 g/mol. The van der Waals surface area contributed by atoms with Crippen molar-refractivity contribution in [1.29, 1.82) is 0 Å². The van der Waals surface area contributed by atoms with Crippen LogP contribution in [-0.2, 0) is 0 Å². The Hall–Kier alpha value is -2.82. The SMILES string of the molecule is CNc1ccc(-c2cc(-c3cccc(OCCF)c3)[nH]n2)cc1. The van der Waals surface area contributed by atoms with Gasteiger partial charge in [0.25, 0.3) is 0 Å². The zero-order valence-electron chi connectivity index (χ0n) is 12.8. The smallest absolute Gasteiger partial charge is 0.123 e. The molecular formula is C18H18FN3O. The van der Waals surface area contributed by atoms with Gasteiger partial charge < -0.3 is 10.1 Å². The highest BCUT2D eigenvalue weighted by Crippen LogP contribution is 2.27. The van der Waals surface area contributed by atoms with Crippen LogP contribution in [0.5, 0.6) is 5.75 Å². The number of hydrogen-bond donors (Lipinski definition) is 2. The second-order valence-corrected chi connectivity index (χ2v) is 5.06. The third-order valence-corrected chi connectivity index (χ3v) is 3.54. The zero-order chi connectivity index (χ0) is 16.1. The Balaban J connectivity index is 1.83. The molecule has 0 fully saturated rings. The monoisotopic (exact) mass is 311 g/mol. The maximum atomic E-state index is 12.2. The highest BCUT2D eigenvalue weighted by atomic mass is 19.1. The predicted molar refractivity (Wildman–Crippen MR) is 90.5 cm³/mol. The number of hydrogen-bond acceptors (Lipinski definition) is 3. The zero-order valence-corrected chi connectivity index (χ0v) is 12.8. The van der Waals surface area contributed by atoms with E-state index >= 15 is 0 Å². The van der Waals surface area contributed by atoms with Crippen molar-refractivity contribution in [2.45, 2.75) is 0 Å². The molecule has 0 saturated carbocycles. The number of benzene rings is 2. The minimum atomic E-state index is -0.499. The van der Waals surface area contributed by atoms with Gasteiger partial charge in [0, 0.05) is 23.9 Å². The molecule has 0 aliphatic carbocycles. The number of halogens is 1. The van der Waals surface area contributed by atoms with Gasteiger partial charge in [0.05, 0.1) is 11.4 Å². The van der Waals surface area contributed by atoms with Gasteiger partial charge in [-0.25, -0.2) is 4.39 Å². The largest absolute Gasteiger partial charge is 0.491 e. The average molecular weight is 311 g/mol. The Morgan fingerprint density at radius 2 is 1.91 bits per heavy atom. The summed E-state index contributed by atoms with van der Waals surface area (Å²) in [5.41, 5.74) is 4.81. The molecule has 118 valence electrons. The Morgan fingerprint density at radius 3 is 2.65 bits per heavy atom. The van der Waals surface area contributed by atoms with Crippen molar-refractivity contribution >= 4 is 5.69 Å². The summed E-state index contributed by atoms with van der Waals surface area (Å²) in [5.74, 6) is 0.648. The maximum Gasteiger partial charge on any atom is 0.123 e. The van der Waals surface area contributed by atoms with Crippen molar-refractivity contribution in [2.75, 3.05) is 25.6 Å². The molecule has 0 aliphatic rings. The van der Waals surface area contributed by atoms with Gasteiger partial charge in [-0.1, -0.05) is 24.3 Å². The van der Waals surface area contributed by atoms with Gasteiger partial charge in [-0.2, -0.15) is 5.10 Å². The molecule has 1 heterocycles. The maximum absolute atomic E-state index is 12.2. The lowest BCUT2D eigenvalue weighted by Crippen LogP contribution is -1.98. The third kappa shape index (κ3) is 3.51. The number of ether oxygens (including phenoxy) is 1. The van der Waals surface area contributed by atoms with Crippen LogP contribution in [0.4, 0.5) is 10.1 Å². The molecule has 5 heteroatoms. The number of aromatic amines is 1. The van der Waals surface area contributed by atoms with E-state index in [9.17, 15) is 4.39 Å². The molecule has 0 amide bonds. The number of nitrogens with zero attached hydrogens (tertiary/aromatic N) is 1. The number of nitrogens with one attached hydrogen (secondary N) is 2. The van der Waals surface area contributed by atoms with Crippen molar-refractivity contribution < 1.29 is 9.13 Å². The number of alkyl halides is 1. The molecule has 4 nitrogen and oxygen atoms in total. The minimum absolute atomic E-state index is 0.0650. The number of anilines is 1. The average Bonchev–Trinajstić information content (AvgIpc) is 3.10. The Morgan fingerprint density at radius 1 is 1.09 bits per heavy atom. The predicted octanol–water partition coefficient (Wildman–Crippen LogP) is 4.13. The molecule has 0 spiro atoms. The molecule has 0 bridgehead atoms. The van der Waals surface area contributed by atoms with Crippen LogP contribution in [0.25, 0.3) is 22.5 Å². The van der Waals surface area contributed by atoms with Crippen molar-refractivity contribution in [3.05, 3.63) is 54.6 Å². The van der Waals surface area contributed by atoms with Gasteiger partial charge in [-0.3, -0.25) is 5.10 Å². The van der Waals surface area contributed by atoms with Crippen molar-refractivity contribution in [1.82, 2.24) is 10.2 Å². The number of rotatable bonds is 6. The van der Waals surface area contributed by atoms with Crippen LogP contribution in [0.1, 0.15) is 0 Å². The normalized spacial score (nSPS) is 10.5. The van der Waals surface area contributed by atoms with E-state index in [4.69, 9.17) is 4.74 Å². The van der Waals surface area contributed by atoms with Crippen molar-refractivity contribution in [3.8, 4) is 28.3 Å². The first kappa shape index (κ1) is 15.1. The fourth-order valence-corrected chi connectivity index (χ4v) is 2.33. The number of aromatic nitrogens is 2. The van der Waals surface area contributed by atoms with E-state index in [1.54, 1.807) is 0 Å². The summed E-state index contributed by atoms with van der Waals surface area (Å²) < 4.78 is 17.5. The summed E-state index contributed by atoms with van der Waals surface area (Å²) in [5, 5.41) is 10.5. The first-order valence-electron chi connectivity index (χ1n) is 7.43. The van der Waals surface area contributed by atoms with E-state index in [0.29, 0.717) is 5.75 Å². The standard InChI is InChI=1S/C18H18FN3O/c1-20-15-7-5-13(6-8-15)17-12-18(22-21-17)14-3-2-4-16(11-14)23-10-9-19/h2-8,11-12,20H,9-10H2,1H3,(H,21,22). The highest BCUT2D eigenvalue weighted by Gasteiger charge is 2.07. The number of H-pyrrole nitrogens is 1. The lowest BCUT2D eigenvalue weighted by molar-refractivity contribution is 0.273. The van der Waals surface area contributed by atoms with E-state index in [2.05, 4.69) is 15.5 Å². The molecule has 2 aromatic carbocycles. The molecule has 0 unspecified atom stereocenters. The van der Waals surface area contributed by atoms with Crippen LogP contribution in [0.15, 0.2) is 54.6 Å². The first-order chi connectivity index (χ1) is 11.3. The first-order valence-corrected chi connectivity index (χ1v) is 7.43. The fourth-order valence-electron chi connectivity index (χ4n) is 2.33. The van der Waals surface area contributed by atoms with Gasteiger partial charge >= 0.3 is 0 Å². The fraction of sp³-hybridized carbons (Fsp3) is 0.167. The van der Waals surface area contributed by atoms with E-state index in [0.717, 1.165) is 28.2 Å². The van der Waals surface area contributed by atoms with Crippen LogP contribution in [0.3, 0.4) is 0 Å². The summed E-state index contributed by atoms with van der Waals surface area (Å²) in [7, 11) is 1.89.